The first-order valence-electron chi connectivity index (χ1n) is 8.21. The first-order valence-corrected chi connectivity index (χ1v) is 8.21. The quantitative estimate of drug-likeness (QED) is 0.293. The van der Waals surface area contributed by atoms with E-state index < -0.39 is 4.92 Å². The third kappa shape index (κ3) is 4.22. The second-order valence-corrected chi connectivity index (χ2v) is 5.76. The first kappa shape index (κ1) is 20.8. The molecule has 0 atom stereocenters. The molecular weight excluding hydrogens is 366 g/mol. The molecule has 0 saturated carbocycles. The van der Waals surface area contributed by atoms with Gasteiger partial charge in [-0.1, -0.05) is 0 Å². The molecule has 0 aliphatic carbocycles. The van der Waals surface area contributed by atoms with Gasteiger partial charge in [0.05, 0.1) is 33.4 Å². The highest BCUT2D eigenvalue weighted by atomic mass is 16.6. The Hall–Kier alpha value is -3.55. The number of benzene rings is 2. The molecule has 0 saturated heterocycles. The highest BCUT2D eigenvalue weighted by Crippen LogP contribution is 2.39. The Bertz CT molecular complexity index is 909. The van der Waals surface area contributed by atoms with E-state index in [0.717, 1.165) is 0 Å². The van der Waals surface area contributed by atoms with Crippen molar-refractivity contribution >= 4 is 17.5 Å². The van der Waals surface area contributed by atoms with Crippen LogP contribution in [-0.4, -0.2) is 39.1 Å². The lowest BCUT2D eigenvalue weighted by Crippen LogP contribution is -2.03. The summed E-state index contributed by atoms with van der Waals surface area (Å²) in [6.07, 6.45) is 1.67. The van der Waals surface area contributed by atoms with E-state index in [4.69, 9.17) is 18.9 Å². The van der Waals surface area contributed by atoms with Crippen molar-refractivity contribution in [1.82, 2.24) is 0 Å². The van der Waals surface area contributed by atoms with Crippen LogP contribution in [0.1, 0.15) is 22.8 Å². The fourth-order valence-corrected chi connectivity index (χ4v) is 2.70. The van der Waals surface area contributed by atoms with Crippen molar-refractivity contribution in [3.8, 4) is 23.0 Å². The van der Waals surface area contributed by atoms with Crippen LogP contribution in [0.3, 0.4) is 0 Å². The lowest BCUT2D eigenvalue weighted by molar-refractivity contribution is -0.385. The lowest BCUT2D eigenvalue weighted by Gasteiger charge is -2.13. The van der Waals surface area contributed by atoms with Crippen LogP contribution in [0, 0.1) is 10.1 Å². The number of ether oxygens (including phenoxy) is 4. The van der Waals surface area contributed by atoms with Gasteiger partial charge in [-0.2, -0.15) is 0 Å². The summed E-state index contributed by atoms with van der Waals surface area (Å²) in [6.45, 7) is 1.65. The van der Waals surface area contributed by atoms with E-state index in [1.54, 1.807) is 25.1 Å². The summed E-state index contributed by atoms with van der Waals surface area (Å²) in [7, 11) is 5.83. The minimum absolute atomic E-state index is 0.0245. The van der Waals surface area contributed by atoms with Crippen molar-refractivity contribution in [1.29, 1.82) is 0 Å². The van der Waals surface area contributed by atoms with Gasteiger partial charge < -0.3 is 18.9 Å². The van der Waals surface area contributed by atoms with Gasteiger partial charge in [0.25, 0.3) is 0 Å². The summed E-state index contributed by atoms with van der Waals surface area (Å²) >= 11 is 0. The third-order valence-corrected chi connectivity index (χ3v) is 4.07. The number of ketones is 1. The third-order valence-electron chi connectivity index (χ3n) is 4.07. The summed E-state index contributed by atoms with van der Waals surface area (Å²) in [5.41, 5.74) is 1.17. The zero-order chi connectivity index (χ0) is 20.8. The van der Waals surface area contributed by atoms with E-state index in [2.05, 4.69) is 0 Å². The normalized spacial score (nSPS) is 11.0. The van der Waals surface area contributed by atoms with Gasteiger partial charge in [0.1, 0.15) is 0 Å². The number of nitro benzene ring substituents is 1. The molecule has 0 fully saturated rings. The molecule has 0 spiro atoms. The molecule has 0 aliphatic rings. The average molecular weight is 387 g/mol. The molecule has 2 rings (SSSR count). The minimum Gasteiger partial charge on any atom is -0.493 e. The number of carbonyl (C=O) groups excluding carboxylic acids is 1. The molecule has 2 aromatic carbocycles. The van der Waals surface area contributed by atoms with Gasteiger partial charge in [-0.15, -0.1) is 0 Å². The van der Waals surface area contributed by atoms with Gasteiger partial charge in [0.2, 0.25) is 5.75 Å². The van der Waals surface area contributed by atoms with Crippen LogP contribution >= 0.6 is 0 Å². The van der Waals surface area contributed by atoms with Crippen molar-refractivity contribution in [2.75, 3.05) is 28.4 Å². The molecule has 0 aromatic heterocycles. The predicted molar refractivity (Wildman–Crippen MR) is 104 cm³/mol. The summed E-state index contributed by atoms with van der Waals surface area (Å²) in [4.78, 5) is 23.2. The molecule has 0 heterocycles. The Labute approximate surface area is 162 Å². The smallest absolute Gasteiger partial charge is 0.310 e. The van der Waals surface area contributed by atoms with Crippen LogP contribution in [0.5, 0.6) is 23.0 Å². The summed E-state index contributed by atoms with van der Waals surface area (Å²) < 4.78 is 20.9. The molecule has 0 amide bonds. The molecule has 0 N–H and O–H groups in total. The van der Waals surface area contributed by atoms with Crippen molar-refractivity contribution < 1.29 is 28.7 Å². The highest BCUT2D eigenvalue weighted by molar-refractivity contribution is 6.11. The minimum atomic E-state index is -0.564. The Morgan fingerprint density at radius 3 is 1.96 bits per heavy atom. The average Bonchev–Trinajstić information content (AvgIpc) is 2.71. The zero-order valence-electron chi connectivity index (χ0n) is 16.3. The molecule has 28 heavy (non-hydrogen) atoms. The van der Waals surface area contributed by atoms with Crippen LogP contribution in [0.2, 0.25) is 0 Å². The number of hydrogen-bond donors (Lipinski definition) is 0. The molecule has 8 heteroatoms. The molecule has 0 unspecified atom stereocenters. The number of nitro groups is 1. The van der Waals surface area contributed by atoms with Gasteiger partial charge in [-0.05, 0) is 48.4 Å². The molecule has 8 nitrogen and oxygen atoms in total. The maximum Gasteiger partial charge on any atom is 0.310 e. The maximum atomic E-state index is 12.7. The number of carbonyl (C=O) groups is 1. The second kappa shape index (κ2) is 8.90. The number of rotatable bonds is 8. The number of nitrogens with zero attached hydrogens (tertiary/aromatic N) is 1. The van der Waals surface area contributed by atoms with E-state index in [1.165, 1.54) is 46.6 Å². The monoisotopic (exact) mass is 387 g/mol. The van der Waals surface area contributed by atoms with Gasteiger partial charge in [-0.25, -0.2) is 0 Å². The van der Waals surface area contributed by atoms with Crippen LogP contribution < -0.4 is 18.9 Å². The van der Waals surface area contributed by atoms with Crippen molar-refractivity contribution in [3.05, 3.63) is 57.1 Å². The van der Waals surface area contributed by atoms with Crippen LogP contribution in [0.25, 0.3) is 6.08 Å². The first-order chi connectivity index (χ1) is 13.4. The lowest BCUT2D eigenvalue weighted by atomic mass is 10.0. The van der Waals surface area contributed by atoms with E-state index in [-0.39, 0.29) is 22.8 Å². The number of hydrogen-bond acceptors (Lipinski definition) is 7. The van der Waals surface area contributed by atoms with Gasteiger partial charge in [0, 0.05) is 11.6 Å². The molecule has 0 aliphatic heterocycles. The SMILES string of the molecule is COc1cc(C(=O)C(C)=Cc2cc(OC)c(OC)c(OC)c2)ccc1[N+](=O)[O-]. The van der Waals surface area contributed by atoms with Gasteiger partial charge >= 0.3 is 5.69 Å². The van der Waals surface area contributed by atoms with Gasteiger partial charge in [0.15, 0.2) is 23.0 Å². The second-order valence-electron chi connectivity index (χ2n) is 5.76. The summed E-state index contributed by atoms with van der Waals surface area (Å²) in [5, 5.41) is 11.0. The van der Waals surface area contributed by atoms with Crippen molar-refractivity contribution in [3.63, 3.8) is 0 Å². The Balaban J connectivity index is 2.43. The molecular formula is C20H21NO7. The molecule has 0 radical (unpaired) electrons. The highest BCUT2D eigenvalue weighted by Gasteiger charge is 2.19. The Kier molecular flexibility index (Phi) is 6.59. The van der Waals surface area contributed by atoms with Crippen molar-refractivity contribution in [2.45, 2.75) is 6.92 Å². The standard InChI is InChI=1S/C20H21NO7/c1-12(8-13-9-17(26-3)20(28-5)18(10-13)27-4)19(22)14-6-7-15(21(23)24)16(11-14)25-2/h6-11H,1-5H3. The topological polar surface area (TPSA) is 97.1 Å². The number of Topliss-reactive ketones (excluding diaryl/α,β-unsaturated/α-hetero) is 1. The Morgan fingerprint density at radius 2 is 1.50 bits per heavy atom. The van der Waals surface area contributed by atoms with Crippen LogP contribution in [0.15, 0.2) is 35.9 Å². The van der Waals surface area contributed by atoms with E-state index in [9.17, 15) is 14.9 Å². The van der Waals surface area contributed by atoms with E-state index in [1.807, 2.05) is 0 Å². The van der Waals surface area contributed by atoms with E-state index >= 15 is 0 Å². The van der Waals surface area contributed by atoms with Crippen LogP contribution in [0.4, 0.5) is 5.69 Å². The fourth-order valence-electron chi connectivity index (χ4n) is 2.70. The molecule has 0 bridgehead atoms. The molecule has 2 aromatic rings. The summed E-state index contributed by atoms with van der Waals surface area (Å²) in [5.74, 6) is 1.11. The number of methoxy groups -OCH3 is 4. The zero-order valence-corrected chi connectivity index (χ0v) is 16.3. The van der Waals surface area contributed by atoms with Gasteiger partial charge in [-0.3, -0.25) is 14.9 Å². The maximum absolute atomic E-state index is 12.7. The number of allylic oxidation sites excluding steroid dienone is 1. The fraction of sp³-hybridized carbons (Fsp3) is 0.250. The van der Waals surface area contributed by atoms with Crippen LogP contribution in [-0.2, 0) is 0 Å². The van der Waals surface area contributed by atoms with E-state index in [0.29, 0.717) is 28.4 Å². The predicted octanol–water partition coefficient (Wildman–Crippen LogP) is 3.92. The largest absolute Gasteiger partial charge is 0.493 e. The molecule has 148 valence electrons. The summed E-state index contributed by atoms with van der Waals surface area (Å²) in [6, 6.07) is 7.43. The Morgan fingerprint density at radius 1 is 0.929 bits per heavy atom. The van der Waals surface area contributed by atoms with Crippen molar-refractivity contribution in [2.24, 2.45) is 0 Å².